The zero-order valence-corrected chi connectivity index (χ0v) is 10.9. The highest BCUT2D eigenvalue weighted by Gasteiger charge is 1.99. The van der Waals surface area contributed by atoms with Gasteiger partial charge in [0.05, 0.1) is 17.6 Å². The topological polar surface area (TPSA) is 17.3 Å². The van der Waals surface area contributed by atoms with E-state index in [-0.39, 0.29) is 0 Å². The van der Waals surface area contributed by atoms with Gasteiger partial charge in [-0.3, -0.25) is 4.99 Å². The molecule has 1 aromatic carbocycles. The first-order valence-electron chi connectivity index (χ1n) is 5.81. The highest BCUT2D eigenvalue weighted by molar-refractivity contribution is 5.80. The molecule has 0 radical (unpaired) electrons. The van der Waals surface area contributed by atoms with E-state index in [1.807, 2.05) is 6.21 Å². The third kappa shape index (κ3) is 2.47. The largest absolute Gasteiger partial charge is 0.347 e. The van der Waals surface area contributed by atoms with Crippen molar-refractivity contribution in [2.75, 3.05) is 0 Å². The zero-order chi connectivity index (χ0) is 12.4. The van der Waals surface area contributed by atoms with Crippen LogP contribution in [0.1, 0.15) is 22.5 Å². The van der Waals surface area contributed by atoms with Gasteiger partial charge in [-0.1, -0.05) is 12.1 Å². The fourth-order valence-corrected chi connectivity index (χ4v) is 1.76. The maximum Gasteiger partial charge on any atom is 0.0662 e. The highest BCUT2D eigenvalue weighted by atomic mass is 15.0. The standard InChI is InChI=1S/C15H18N2/c1-11-5-6-12(2)15(9-11)16-10-14-8-7-13(3)17(14)4/h5-10H,1-4H3. The molecule has 0 N–H and O–H groups in total. The van der Waals surface area contributed by atoms with Gasteiger partial charge in [-0.05, 0) is 50.1 Å². The molecule has 1 heterocycles. The van der Waals surface area contributed by atoms with E-state index in [0.717, 1.165) is 11.4 Å². The van der Waals surface area contributed by atoms with Gasteiger partial charge < -0.3 is 4.57 Å². The predicted molar refractivity (Wildman–Crippen MR) is 73.3 cm³/mol. The monoisotopic (exact) mass is 226 g/mol. The minimum atomic E-state index is 1.05. The molecule has 0 saturated carbocycles. The number of rotatable bonds is 2. The lowest BCUT2D eigenvalue weighted by Crippen LogP contribution is -1.96. The average molecular weight is 226 g/mol. The van der Waals surface area contributed by atoms with Gasteiger partial charge in [0.2, 0.25) is 0 Å². The van der Waals surface area contributed by atoms with Gasteiger partial charge in [-0.15, -0.1) is 0 Å². The van der Waals surface area contributed by atoms with E-state index >= 15 is 0 Å². The van der Waals surface area contributed by atoms with Gasteiger partial charge in [0.25, 0.3) is 0 Å². The number of nitrogens with zero attached hydrogens (tertiary/aromatic N) is 2. The Hall–Kier alpha value is -1.83. The Balaban J connectivity index is 2.32. The number of benzene rings is 1. The van der Waals surface area contributed by atoms with Crippen molar-refractivity contribution in [2.45, 2.75) is 20.8 Å². The minimum Gasteiger partial charge on any atom is -0.347 e. The van der Waals surface area contributed by atoms with E-state index in [4.69, 9.17) is 0 Å². The molecule has 2 heteroatoms. The number of hydrogen-bond donors (Lipinski definition) is 0. The molecule has 88 valence electrons. The molecule has 0 aliphatic heterocycles. The van der Waals surface area contributed by atoms with Crippen LogP contribution in [0.5, 0.6) is 0 Å². The summed E-state index contributed by atoms with van der Waals surface area (Å²) in [5.74, 6) is 0. The second kappa shape index (κ2) is 4.58. The Labute approximate surface area is 103 Å². The van der Waals surface area contributed by atoms with Crippen molar-refractivity contribution in [1.29, 1.82) is 0 Å². The summed E-state index contributed by atoms with van der Waals surface area (Å²) in [6.45, 7) is 6.27. The molecule has 0 bridgehead atoms. The van der Waals surface area contributed by atoms with E-state index < -0.39 is 0 Å². The average Bonchev–Trinajstić information content (AvgIpc) is 2.62. The molecule has 2 rings (SSSR count). The quantitative estimate of drug-likeness (QED) is 0.695. The van der Waals surface area contributed by atoms with Crippen molar-refractivity contribution in [3.8, 4) is 0 Å². The molecular formula is C15H18N2. The van der Waals surface area contributed by atoms with Crippen molar-refractivity contribution in [3.63, 3.8) is 0 Å². The number of aryl methyl sites for hydroxylation is 3. The van der Waals surface area contributed by atoms with E-state index in [1.165, 1.54) is 16.8 Å². The SMILES string of the molecule is Cc1ccc(C)c(N=Cc2ccc(C)n2C)c1. The first-order chi connectivity index (χ1) is 8.08. The van der Waals surface area contributed by atoms with Crippen molar-refractivity contribution in [3.05, 3.63) is 52.8 Å². The van der Waals surface area contributed by atoms with Gasteiger partial charge in [0.1, 0.15) is 0 Å². The van der Waals surface area contributed by atoms with Crippen LogP contribution < -0.4 is 0 Å². The second-order valence-electron chi connectivity index (χ2n) is 4.51. The lowest BCUT2D eigenvalue weighted by Gasteiger charge is -2.02. The van der Waals surface area contributed by atoms with Crippen molar-refractivity contribution < 1.29 is 0 Å². The summed E-state index contributed by atoms with van der Waals surface area (Å²) in [6.07, 6.45) is 1.93. The minimum absolute atomic E-state index is 1.05. The second-order valence-corrected chi connectivity index (χ2v) is 4.51. The molecule has 0 spiro atoms. The first kappa shape index (κ1) is 11.6. The van der Waals surface area contributed by atoms with Gasteiger partial charge in [0, 0.05) is 12.7 Å². The van der Waals surface area contributed by atoms with Crippen LogP contribution >= 0.6 is 0 Å². The molecule has 0 aliphatic rings. The summed E-state index contributed by atoms with van der Waals surface area (Å²) >= 11 is 0. The van der Waals surface area contributed by atoms with Crippen molar-refractivity contribution in [2.24, 2.45) is 12.0 Å². The zero-order valence-electron chi connectivity index (χ0n) is 10.9. The number of aromatic nitrogens is 1. The van der Waals surface area contributed by atoms with Crippen LogP contribution in [-0.4, -0.2) is 10.8 Å². The summed E-state index contributed by atoms with van der Waals surface area (Å²) in [6, 6.07) is 10.5. The summed E-state index contributed by atoms with van der Waals surface area (Å²) in [4.78, 5) is 4.57. The third-order valence-corrected chi connectivity index (χ3v) is 3.11. The van der Waals surface area contributed by atoms with Gasteiger partial charge >= 0.3 is 0 Å². The summed E-state index contributed by atoms with van der Waals surface area (Å²) < 4.78 is 2.13. The Morgan fingerprint density at radius 3 is 2.47 bits per heavy atom. The van der Waals surface area contributed by atoms with Gasteiger partial charge in [-0.25, -0.2) is 0 Å². The predicted octanol–water partition coefficient (Wildman–Crippen LogP) is 3.70. The molecule has 0 amide bonds. The van der Waals surface area contributed by atoms with Crippen molar-refractivity contribution >= 4 is 11.9 Å². The molecule has 0 fully saturated rings. The molecule has 0 aliphatic carbocycles. The third-order valence-electron chi connectivity index (χ3n) is 3.11. The van der Waals surface area contributed by atoms with Crippen LogP contribution in [0.25, 0.3) is 0 Å². The van der Waals surface area contributed by atoms with E-state index in [1.54, 1.807) is 0 Å². The van der Waals surface area contributed by atoms with E-state index in [9.17, 15) is 0 Å². The molecule has 17 heavy (non-hydrogen) atoms. The van der Waals surface area contributed by atoms with Gasteiger partial charge in [0.15, 0.2) is 0 Å². The normalized spacial score (nSPS) is 11.3. The van der Waals surface area contributed by atoms with Crippen molar-refractivity contribution in [1.82, 2.24) is 4.57 Å². The lowest BCUT2D eigenvalue weighted by atomic mass is 10.1. The van der Waals surface area contributed by atoms with E-state index in [2.05, 4.69) is 67.7 Å². The van der Waals surface area contributed by atoms with Crippen LogP contribution in [0.2, 0.25) is 0 Å². The Bertz CT molecular complexity index is 562. The highest BCUT2D eigenvalue weighted by Crippen LogP contribution is 2.19. The fraction of sp³-hybridized carbons (Fsp3) is 0.267. The fourth-order valence-electron chi connectivity index (χ4n) is 1.76. The van der Waals surface area contributed by atoms with E-state index in [0.29, 0.717) is 0 Å². The van der Waals surface area contributed by atoms with Gasteiger partial charge in [-0.2, -0.15) is 0 Å². The van der Waals surface area contributed by atoms with Crippen LogP contribution in [0.3, 0.4) is 0 Å². The first-order valence-corrected chi connectivity index (χ1v) is 5.81. The number of aliphatic imine (C=N–C) groups is 1. The molecule has 0 saturated heterocycles. The molecular weight excluding hydrogens is 208 g/mol. The molecule has 0 unspecified atom stereocenters. The maximum atomic E-state index is 4.57. The Morgan fingerprint density at radius 2 is 1.82 bits per heavy atom. The Kier molecular flexibility index (Phi) is 3.14. The number of hydrogen-bond acceptors (Lipinski definition) is 1. The summed E-state index contributed by atoms with van der Waals surface area (Å²) in [5, 5.41) is 0. The summed E-state index contributed by atoms with van der Waals surface area (Å²) in [7, 11) is 2.06. The lowest BCUT2D eigenvalue weighted by molar-refractivity contribution is 0.874. The smallest absolute Gasteiger partial charge is 0.0662 e. The molecule has 1 aromatic heterocycles. The van der Waals surface area contributed by atoms with Crippen LogP contribution in [0.15, 0.2) is 35.3 Å². The Morgan fingerprint density at radius 1 is 1.06 bits per heavy atom. The van der Waals surface area contributed by atoms with Crippen LogP contribution in [0, 0.1) is 20.8 Å². The molecule has 2 aromatic rings. The summed E-state index contributed by atoms with van der Waals surface area (Å²) in [5.41, 5.74) is 5.86. The molecule has 0 atom stereocenters. The molecule has 2 nitrogen and oxygen atoms in total. The van der Waals surface area contributed by atoms with Crippen LogP contribution in [0.4, 0.5) is 5.69 Å². The van der Waals surface area contributed by atoms with Crippen LogP contribution in [-0.2, 0) is 7.05 Å². The maximum absolute atomic E-state index is 4.57.